The van der Waals surface area contributed by atoms with E-state index in [1.807, 2.05) is 5.57 Å². The van der Waals surface area contributed by atoms with Gasteiger partial charge in [0, 0.05) is 6.10 Å². The second-order valence-electron chi connectivity index (χ2n) is 17.3. The fourth-order valence-electron chi connectivity index (χ4n) is 9.40. The number of allylic oxidation sites excluding steroid dienone is 5. The molecule has 0 spiro atoms. The molecule has 3 fully saturated rings. The molecule has 0 amide bonds. The van der Waals surface area contributed by atoms with Gasteiger partial charge in [0.05, 0.1) is 0 Å². The molecule has 4 aliphatic carbocycles. The van der Waals surface area contributed by atoms with Crippen molar-refractivity contribution in [2.24, 2.45) is 40.4 Å². The third-order valence-corrected chi connectivity index (χ3v) is 17.4. The molecule has 4 aliphatic rings. The monoisotopic (exact) mass is 566 g/mol. The van der Waals surface area contributed by atoms with Crippen molar-refractivity contribution in [3.63, 3.8) is 0 Å². The van der Waals surface area contributed by atoms with E-state index in [-0.39, 0.29) is 5.04 Å². The van der Waals surface area contributed by atoms with E-state index < -0.39 is 8.32 Å². The third-order valence-electron chi connectivity index (χ3n) is 12.9. The second-order valence-corrected chi connectivity index (χ2v) is 22.1. The van der Waals surface area contributed by atoms with E-state index in [0.717, 1.165) is 36.0 Å². The van der Waals surface area contributed by atoms with Crippen LogP contribution in [-0.4, -0.2) is 14.4 Å². The fourth-order valence-corrected chi connectivity index (χ4v) is 10.8. The molecule has 0 aromatic carbocycles. The van der Waals surface area contributed by atoms with Crippen LogP contribution in [-0.2, 0) is 4.43 Å². The zero-order chi connectivity index (χ0) is 29.5. The van der Waals surface area contributed by atoms with Crippen molar-refractivity contribution >= 4 is 8.32 Å². The summed E-state index contributed by atoms with van der Waals surface area (Å²) in [6.45, 7) is 26.7. The van der Waals surface area contributed by atoms with E-state index in [4.69, 9.17) is 4.43 Å². The Bertz CT molecular complexity index is 972. The molecule has 0 radical (unpaired) electrons. The van der Waals surface area contributed by atoms with Crippen molar-refractivity contribution in [1.82, 2.24) is 0 Å². The zero-order valence-corrected chi connectivity index (χ0v) is 29.6. The number of rotatable bonds is 10. The average Bonchev–Trinajstić information content (AvgIpc) is 3.19. The molecule has 1 nitrogen and oxygen atoms in total. The van der Waals surface area contributed by atoms with Crippen molar-refractivity contribution in [2.45, 2.75) is 164 Å². The standard InChI is InChI=1S/C38H66OSi/c1-27(2)14-12-16-29(17-13-15-28(3)4)33-20-21-34-32-19-18-30-26-31(39-40(10,11)36(5,6)7)22-24-37(30,8)35(32)23-25-38(33,34)9/h14,18-19,28-29,31,33-35H,12-13,15-17,20-26H2,1-11H3/t29-,31?,33+,34-,35-,37-,38+/m0/s1. The molecule has 0 bridgehead atoms. The Labute approximate surface area is 251 Å². The summed E-state index contributed by atoms with van der Waals surface area (Å²) in [5.41, 5.74) is 5.92. The Morgan fingerprint density at radius 3 is 2.35 bits per heavy atom. The van der Waals surface area contributed by atoms with Crippen LogP contribution < -0.4 is 0 Å². The van der Waals surface area contributed by atoms with Crippen molar-refractivity contribution in [3.8, 4) is 0 Å². The van der Waals surface area contributed by atoms with E-state index in [9.17, 15) is 0 Å². The lowest BCUT2D eigenvalue weighted by Gasteiger charge is -2.56. The Kier molecular flexibility index (Phi) is 9.84. The summed E-state index contributed by atoms with van der Waals surface area (Å²) in [7, 11) is -1.73. The first-order valence-corrected chi connectivity index (χ1v) is 20.2. The van der Waals surface area contributed by atoms with Gasteiger partial charge in [-0.1, -0.05) is 103 Å². The quantitative estimate of drug-likeness (QED) is 0.189. The maximum absolute atomic E-state index is 6.97. The van der Waals surface area contributed by atoms with Gasteiger partial charge < -0.3 is 4.43 Å². The summed E-state index contributed by atoms with van der Waals surface area (Å²) in [5.74, 6) is 4.21. The first-order chi connectivity index (χ1) is 18.6. The van der Waals surface area contributed by atoms with Gasteiger partial charge in [0.15, 0.2) is 8.32 Å². The molecule has 0 N–H and O–H groups in total. The van der Waals surface area contributed by atoms with E-state index in [0.29, 0.717) is 16.9 Å². The van der Waals surface area contributed by atoms with Crippen LogP contribution in [0, 0.1) is 40.4 Å². The Balaban J connectivity index is 1.52. The van der Waals surface area contributed by atoms with Gasteiger partial charge >= 0.3 is 0 Å². The van der Waals surface area contributed by atoms with Crippen LogP contribution in [0.2, 0.25) is 18.1 Å². The van der Waals surface area contributed by atoms with Crippen LogP contribution in [0.15, 0.2) is 34.9 Å². The second kappa shape index (κ2) is 12.2. The molecule has 0 aliphatic heterocycles. The highest BCUT2D eigenvalue weighted by atomic mass is 28.4. The average molecular weight is 567 g/mol. The van der Waals surface area contributed by atoms with Gasteiger partial charge in [-0.25, -0.2) is 0 Å². The van der Waals surface area contributed by atoms with Crippen molar-refractivity contribution in [2.75, 3.05) is 0 Å². The van der Waals surface area contributed by atoms with Crippen LogP contribution in [0.5, 0.6) is 0 Å². The zero-order valence-electron chi connectivity index (χ0n) is 28.6. The molecule has 1 unspecified atom stereocenters. The van der Waals surface area contributed by atoms with Gasteiger partial charge in [-0.05, 0) is 130 Å². The Morgan fingerprint density at radius 2 is 1.70 bits per heavy atom. The molecular weight excluding hydrogens is 501 g/mol. The van der Waals surface area contributed by atoms with Crippen LogP contribution in [0.1, 0.15) is 139 Å². The van der Waals surface area contributed by atoms with Crippen molar-refractivity contribution in [1.29, 1.82) is 0 Å². The lowest BCUT2D eigenvalue weighted by atomic mass is 9.49. The molecule has 7 atom stereocenters. The predicted molar refractivity (Wildman–Crippen MR) is 178 cm³/mol. The molecule has 40 heavy (non-hydrogen) atoms. The summed E-state index contributed by atoms with van der Waals surface area (Å²) in [6.07, 6.45) is 24.6. The first kappa shape index (κ1) is 32.3. The van der Waals surface area contributed by atoms with E-state index in [1.54, 1.807) is 5.57 Å². The largest absolute Gasteiger partial charge is 0.414 e. The molecule has 2 heteroatoms. The minimum Gasteiger partial charge on any atom is -0.414 e. The molecule has 0 heterocycles. The molecular formula is C38H66OSi. The van der Waals surface area contributed by atoms with Crippen molar-refractivity contribution < 1.29 is 4.43 Å². The lowest BCUT2D eigenvalue weighted by molar-refractivity contribution is 0.0302. The van der Waals surface area contributed by atoms with Gasteiger partial charge in [-0.3, -0.25) is 0 Å². The van der Waals surface area contributed by atoms with Gasteiger partial charge in [-0.2, -0.15) is 0 Å². The highest BCUT2D eigenvalue weighted by Crippen LogP contribution is 2.66. The Morgan fingerprint density at radius 1 is 0.975 bits per heavy atom. The Hall–Kier alpha value is -0.603. The molecule has 4 rings (SSSR count). The summed E-state index contributed by atoms with van der Waals surface area (Å²) < 4.78 is 6.97. The maximum Gasteiger partial charge on any atom is 0.192 e. The molecule has 0 aromatic rings. The molecule has 3 saturated carbocycles. The van der Waals surface area contributed by atoms with Gasteiger partial charge in [-0.15, -0.1) is 0 Å². The number of hydrogen-bond donors (Lipinski definition) is 0. The normalized spacial score (nSPS) is 34.9. The summed E-state index contributed by atoms with van der Waals surface area (Å²) in [5, 5.41) is 0.285. The first-order valence-electron chi connectivity index (χ1n) is 17.3. The topological polar surface area (TPSA) is 9.23 Å². The minimum atomic E-state index is -1.73. The summed E-state index contributed by atoms with van der Waals surface area (Å²) >= 11 is 0. The molecule has 228 valence electrons. The van der Waals surface area contributed by atoms with Crippen LogP contribution in [0.25, 0.3) is 0 Å². The van der Waals surface area contributed by atoms with Crippen LogP contribution in [0.4, 0.5) is 0 Å². The highest BCUT2D eigenvalue weighted by molar-refractivity contribution is 6.74. The maximum atomic E-state index is 6.97. The van der Waals surface area contributed by atoms with E-state index in [1.165, 1.54) is 76.2 Å². The van der Waals surface area contributed by atoms with Crippen LogP contribution >= 0.6 is 0 Å². The summed E-state index contributed by atoms with van der Waals surface area (Å²) in [6, 6.07) is 0. The SMILES string of the molecule is CC(C)=CCC[C@@H](CCCC(C)C)[C@H]1CC[C@H]2C3=CC=C4CC(O[Si](C)(C)C(C)(C)C)CC[C@]4(C)[C@H]3CC[C@]12C. The van der Waals surface area contributed by atoms with Gasteiger partial charge in [0.25, 0.3) is 0 Å². The highest BCUT2D eigenvalue weighted by Gasteiger charge is 2.57. The van der Waals surface area contributed by atoms with E-state index >= 15 is 0 Å². The smallest absolute Gasteiger partial charge is 0.192 e. The number of fused-ring (bicyclic) bond motifs is 5. The van der Waals surface area contributed by atoms with Gasteiger partial charge in [0.2, 0.25) is 0 Å². The minimum absolute atomic E-state index is 0.285. The van der Waals surface area contributed by atoms with Crippen molar-refractivity contribution in [3.05, 3.63) is 34.9 Å². The molecule has 0 saturated heterocycles. The van der Waals surface area contributed by atoms with Gasteiger partial charge in [0.1, 0.15) is 0 Å². The lowest BCUT2D eigenvalue weighted by Crippen LogP contribution is -2.49. The van der Waals surface area contributed by atoms with E-state index in [2.05, 4.69) is 93.6 Å². The summed E-state index contributed by atoms with van der Waals surface area (Å²) in [4.78, 5) is 0. The number of hydrogen-bond acceptors (Lipinski definition) is 1. The van der Waals surface area contributed by atoms with Crippen LogP contribution in [0.3, 0.4) is 0 Å². The molecule has 0 aromatic heterocycles. The predicted octanol–water partition coefficient (Wildman–Crippen LogP) is 12.1. The fraction of sp³-hybridized carbons (Fsp3) is 0.842. The third kappa shape index (κ3) is 6.49.